The minimum Gasteiger partial charge on any atom is -0.775 e. The summed E-state index contributed by atoms with van der Waals surface area (Å²) in [5.41, 5.74) is 8.18. The number of imidazole rings is 1. The summed E-state index contributed by atoms with van der Waals surface area (Å²) < 4.78 is 4.40. The van der Waals surface area contributed by atoms with Crippen molar-refractivity contribution in [3.05, 3.63) is 100 Å². The fourth-order valence-corrected chi connectivity index (χ4v) is 5.37. The van der Waals surface area contributed by atoms with Gasteiger partial charge in [-0.15, -0.1) is 5.11 Å². The molecule has 0 atom stereocenters. The van der Waals surface area contributed by atoms with Gasteiger partial charge in [-0.25, -0.2) is 5.28 Å². The monoisotopic (exact) mass is 508 g/mol. The fourth-order valence-electron chi connectivity index (χ4n) is 5.37. The van der Waals surface area contributed by atoms with E-state index in [-0.39, 0.29) is 11.8 Å². The predicted molar refractivity (Wildman–Crippen MR) is 157 cm³/mol. The SMILES string of the molecule is CC(C)c1cccc(C(C)C)c1-n1c(/N=N\[O-])c[n+](-c2c(C(C)C)cccc2C(C)C)c1-c1ccccc1. The van der Waals surface area contributed by atoms with Crippen LogP contribution >= 0.6 is 0 Å². The van der Waals surface area contributed by atoms with Gasteiger partial charge in [0.15, 0.2) is 6.20 Å². The molecule has 0 fully saturated rings. The number of nitrogens with zero attached hydrogens (tertiary/aromatic N) is 4. The van der Waals surface area contributed by atoms with E-state index in [0.29, 0.717) is 17.7 Å². The molecule has 4 aromatic rings. The highest BCUT2D eigenvalue weighted by molar-refractivity contribution is 5.65. The number of aromatic nitrogens is 2. The number of hydrogen-bond donors (Lipinski definition) is 0. The summed E-state index contributed by atoms with van der Waals surface area (Å²) in [5.74, 6) is 2.63. The van der Waals surface area contributed by atoms with Gasteiger partial charge in [-0.05, 0) is 35.8 Å². The molecular weight excluding hydrogens is 468 g/mol. The molecule has 0 aliphatic rings. The van der Waals surface area contributed by atoms with Gasteiger partial charge in [-0.1, -0.05) is 110 Å². The second-order valence-corrected chi connectivity index (χ2v) is 11.3. The smallest absolute Gasteiger partial charge is 0.301 e. The third-order valence-corrected chi connectivity index (χ3v) is 7.24. The zero-order valence-electron chi connectivity index (χ0n) is 23.9. The van der Waals surface area contributed by atoms with E-state index in [1.165, 1.54) is 22.3 Å². The Morgan fingerprint density at radius 2 is 1.11 bits per heavy atom. The van der Waals surface area contributed by atoms with Crippen LogP contribution in [-0.2, 0) is 0 Å². The van der Waals surface area contributed by atoms with E-state index in [9.17, 15) is 5.21 Å². The maximum atomic E-state index is 11.7. The highest BCUT2D eigenvalue weighted by Crippen LogP contribution is 2.39. The average molecular weight is 509 g/mol. The zero-order chi connectivity index (χ0) is 27.6. The molecule has 5 nitrogen and oxygen atoms in total. The third-order valence-electron chi connectivity index (χ3n) is 7.24. The van der Waals surface area contributed by atoms with Crippen LogP contribution in [0, 0.1) is 5.21 Å². The van der Waals surface area contributed by atoms with Crippen LogP contribution in [0.1, 0.15) is 101 Å². The Morgan fingerprint density at radius 3 is 1.55 bits per heavy atom. The predicted octanol–water partition coefficient (Wildman–Crippen LogP) is 9.50. The first kappa shape index (κ1) is 27.3. The Labute approximate surface area is 227 Å². The summed E-state index contributed by atoms with van der Waals surface area (Å²) in [7, 11) is 0. The molecule has 0 spiro atoms. The van der Waals surface area contributed by atoms with Gasteiger partial charge in [0, 0.05) is 22.3 Å². The van der Waals surface area contributed by atoms with Gasteiger partial charge in [-0.3, -0.25) is 0 Å². The van der Waals surface area contributed by atoms with Crippen molar-refractivity contribution < 1.29 is 4.57 Å². The lowest BCUT2D eigenvalue weighted by Gasteiger charge is -2.20. The number of para-hydroxylation sites is 2. The molecule has 0 saturated heterocycles. The quantitative estimate of drug-likeness (QED) is 0.133. The maximum Gasteiger partial charge on any atom is 0.301 e. The number of benzene rings is 3. The molecule has 0 bridgehead atoms. The lowest BCUT2D eigenvalue weighted by molar-refractivity contribution is -0.583. The number of rotatable bonds is 8. The summed E-state index contributed by atoms with van der Waals surface area (Å²) in [4.78, 5) is 0. The van der Waals surface area contributed by atoms with Gasteiger partial charge in [0.1, 0.15) is 11.4 Å². The summed E-state index contributed by atoms with van der Waals surface area (Å²) in [6.45, 7) is 17.8. The Balaban J connectivity index is 2.27. The molecule has 0 radical (unpaired) electrons. The second kappa shape index (κ2) is 11.3. The van der Waals surface area contributed by atoms with Crippen LogP contribution in [0.15, 0.2) is 83.3 Å². The topological polar surface area (TPSA) is 56.6 Å². The van der Waals surface area contributed by atoms with Crippen molar-refractivity contribution in [2.45, 2.75) is 79.1 Å². The van der Waals surface area contributed by atoms with Gasteiger partial charge in [0.05, 0.1) is 5.56 Å². The zero-order valence-corrected chi connectivity index (χ0v) is 23.9. The first-order chi connectivity index (χ1) is 18.2. The third kappa shape index (κ3) is 5.02. The molecule has 0 aliphatic carbocycles. The van der Waals surface area contributed by atoms with E-state index in [1.807, 2.05) is 12.3 Å². The first-order valence-electron chi connectivity index (χ1n) is 13.7. The molecule has 3 aromatic carbocycles. The number of hydrogen-bond acceptors (Lipinski definition) is 3. The minimum atomic E-state index is 0.273. The molecule has 0 N–H and O–H groups in total. The molecule has 0 unspecified atom stereocenters. The van der Waals surface area contributed by atoms with Crippen molar-refractivity contribution in [2.24, 2.45) is 10.4 Å². The van der Waals surface area contributed by atoms with Crippen LogP contribution in [0.2, 0.25) is 0 Å². The van der Waals surface area contributed by atoms with Gasteiger partial charge in [0.2, 0.25) is 0 Å². The van der Waals surface area contributed by atoms with Gasteiger partial charge >= 0.3 is 5.82 Å². The molecule has 0 amide bonds. The summed E-state index contributed by atoms with van der Waals surface area (Å²) in [6.07, 6.45) is 1.98. The molecule has 198 valence electrons. The molecule has 5 heteroatoms. The summed E-state index contributed by atoms with van der Waals surface area (Å²) in [5, 5.41) is 18.9. The van der Waals surface area contributed by atoms with E-state index in [1.54, 1.807) is 0 Å². The van der Waals surface area contributed by atoms with Crippen LogP contribution in [0.5, 0.6) is 0 Å². The Hall–Kier alpha value is -3.73. The van der Waals surface area contributed by atoms with Crippen molar-refractivity contribution in [3.63, 3.8) is 0 Å². The van der Waals surface area contributed by atoms with Crippen molar-refractivity contribution >= 4 is 5.82 Å². The van der Waals surface area contributed by atoms with E-state index in [2.05, 4.69) is 136 Å². The van der Waals surface area contributed by atoms with Crippen LogP contribution in [0.4, 0.5) is 5.82 Å². The van der Waals surface area contributed by atoms with E-state index >= 15 is 0 Å². The molecule has 1 aromatic heterocycles. The highest BCUT2D eigenvalue weighted by atomic mass is 16.5. The molecule has 38 heavy (non-hydrogen) atoms. The van der Waals surface area contributed by atoms with Gasteiger partial charge < -0.3 is 5.21 Å². The highest BCUT2D eigenvalue weighted by Gasteiger charge is 2.34. The molecule has 0 aliphatic heterocycles. The molecule has 1 heterocycles. The van der Waals surface area contributed by atoms with Crippen LogP contribution in [0.25, 0.3) is 22.8 Å². The van der Waals surface area contributed by atoms with Crippen LogP contribution in [-0.4, -0.2) is 4.57 Å². The Morgan fingerprint density at radius 1 is 0.632 bits per heavy atom. The lowest BCUT2D eigenvalue weighted by atomic mass is 9.92. The van der Waals surface area contributed by atoms with Crippen LogP contribution < -0.4 is 4.57 Å². The van der Waals surface area contributed by atoms with E-state index in [4.69, 9.17) is 0 Å². The standard InChI is InChI=1S/C33H40N4O/c1-21(2)26-16-12-17-27(22(3)4)31(26)36-20-30(34-35-38)37(33(36)25-14-10-9-11-15-25)32-28(23(5)6)18-13-19-29(32)24(7)8/h9-24H,1-8H3. The van der Waals surface area contributed by atoms with Crippen molar-refractivity contribution in [1.29, 1.82) is 0 Å². The van der Waals surface area contributed by atoms with Crippen molar-refractivity contribution in [1.82, 2.24) is 4.57 Å². The normalized spacial score (nSPS) is 12.1. The average Bonchev–Trinajstić information content (AvgIpc) is 3.26. The summed E-state index contributed by atoms with van der Waals surface area (Å²) >= 11 is 0. The Kier molecular flexibility index (Phi) is 8.15. The minimum absolute atomic E-state index is 0.273. The van der Waals surface area contributed by atoms with Gasteiger partial charge in [0.25, 0.3) is 5.82 Å². The first-order valence-corrected chi connectivity index (χ1v) is 13.7. The second-order valence-electron chi connectivity index (χ2n) is 11.3. The summed E-state index contributed by atoms with van der Waals surface area (Å²) in [6, 6.07) is 23.5. The molecule has 0 saturated carbocycles. The van der Waals surface area contributed by atoms with Crippen molar-refractivity contribution in [2.75, 3.05) is 0 Å². The maximum absolute atomic E-state index is 11.7. The van der Waals surface area contributed by atoms with Crippen LogP contribution in [0.3, 0.4) is 0 Å². The Bertz CT molecular complexity index is 1380. The van der Waals surface area contributed by atoms with Gasteiger partial charge in [-0.2, -0.15) is 9.13 Å². The fraction of sp³-hybridized carbons (Fsp3) is 0.364. The lowest BCUT2D eigenvalue weighted by Crippen LogP contribution is -2.35. The van der Waals surface area contributed by atoms with E-state index < -0.39 is 0 Å². The van der Waals surface area contributed by atoms with E-state index in [0.717, 1.165) is 22.8 Å². The molecular formula is C33H40N4O. The largest absolute Gasteiger partial charge is 0.775 e. The molecule has 4 rings (SSSR count). The van der Waals surface area contributed by atoms with Crippen molar-refractivity contribution in [3.8, 4) is 22.8 Å².